The molecule has 0 spiro atoms. The smallest absolute Gasteiger partial charge is 0.262 e. The fourth-order valence-corrected chi connectivity index (χ4v) is 3.36. The van der Waals surface area contributed by atoms with Crippen LogP contribution in [0.5, 0.6) is 11.6 Å². The van der Waals surface area contributed by atoms with Gasteiger partial charge in [-0.25, -0.2) is 0 Å². The number of amides is 1. The van der Waals surface area contributed by atoms with Crippen molar-refractivity contribution < 1.29 is 14.3 Å². The van der Waals surface area contributed by atoms with Gasteiger partial charge < -0.3 is 20.5 Å². The van der Waals surface area contributed by atoms with Gasteiger partial charge in [0.2, 0.25) is 11.8 Å². The Bertz CT molecular complexity index is 1140. The third kappa shape index (κ3) is 3.69. The molecule has 2 aromatic carbocycles. The average Bonchev–Trinajstić information content (AvgIpc) is 3.12. The summed E-state index contributed by atoms with van der Waals surface area (Å²) in [4.78, 5) is 12.0. The SMILES string of the molecule is Cc1[nH]nc2c1C(c1ccc(OCC(=O)Nc3ccccc3)cc1)C(C#N)=C(N)O2. The highest BCUT2D eigenvalue weighted by Crippen LogP contribution is 2.42. The Labute approximate surface area is 172 Å². The monoisotopic (exact) mass is 401 g/mol. The molecule has 4 N–H and O–H groups in total. The van der Waals surface area contributed by atoms with Crippen LogP contribution in [0.2, 0.25) is 0 Å². The number of hydrogen-bond acceptors (Lipinski definition) is 6. The second-order valence-corrected chi connectivity index (χ2v) is 6.76. The Morgan fingerprint density at radius 3 is 2.70 bits per heavy atom. The maximum Gasteiger partial charge on any atom is 0.262 e. The standard InChI is InChI=1S/C22H19N5O3/c1-13-19-20(17(11-23)21(24)30-22(19)27-26-13)14-7-9-16(10-8-14)29-12-18(28)25-15-5-3-2-4-6-15/h2-10,20H,12,24H2,1H3,(H,25,28)(H,26,27). The van der Waals surface area contributed by atoms with Crippen molar-refractivity contribution in [2.75, 3.05) is 11.9 Å². The minimum absolute atomic E-state index is 0.0411. The van der Waals surface area contributed by atoms with Crippen LogP contribution in [0.25, 0.3) is 0 Å². The van der Waals surface area contributed by atoms with Gasteiger partial charge in [0.15, 0.2) is 6.61 Å². The number of rotatable bonds is 5. The van der Waals surface area contributed by atoms with Crippen LogP contribution in [0.15, 0.2) is 66.1 Å². The number of nitrogens with zero attached hydrogens (tertiary/aromatic N) is 2. The van der Waals surface area contributed by atoms with Gasteiger partial charge in [-0.1, -0.05) is 30.3 Å². The van der Waals surface area contributed by atoms with Crippen molar-refractivity contribution in [1.82, 2.24) is 10.2 Å². The number of para-hydroxylation sites is 1. The second-order valence-electron chi connectivity index (χ2n) is 6.76. The van der Waals surface area contributed by atoms with E-state index >= 15 is 0 Å². The Kier molecular flexibility index (Phi) is 5.09. The summed E-state index contributed by atoms with van der Waals surface area (Å²) in [6.07, 6.45) is 0. The molecule has 4 rings (SSSR count). The molecule has 0 aliphatic carbocycles. The average molecular weight is 401 g/mol. The number of anilines is 1. The number of aromatic amines is 1. The molecule has 1 aliphatic heterocycles. The number of aryl methyl sites for hydroxylation is 1. The number of hydrogen-bond donors (Lipinski definition) is 3. The van der Waals surface area contributed by atoms with E-state index in [0.29, 0.717) is 22.9 Å². The van der Waals surface area contributed by atoms with Crippen LogP contribution < -0.4 is 20.5 Å². The maximum absolute atomic E-state index is 12.0. The number of H-pyrrole nitrogens is 1. The van der Waals surface area contributed by atoms with Gasteiger partial charge in [0.1, 0.15) is 17.4 Å². The van der Waals surface area contributed by atoms with Crippen LogP contribution >= 0.6 is 0 Å². The summed E-state index contributed by atoms with van der Waals surface area (Å²) in [7, 11) is 0. The first-order chi connectivity index (χ1) is 14.6. The summed E-state index contributed by atoms with van der Waals surface area (Å²) in [6.45, 7) is 1.74. The molecule has 3 aromatic rings. The van der Waals surface area contributed by atoms with E-state index in [0.717, 1.165) is 16.8 Å². The number of benzene rings is 2. The summed E-state index contributed by atoms with van der Waals surface area (Å²) in [6, 6.07) is 18.5. The quantitative estimate of drug-likeness (QED) is 0.603. The van der Waals surface area contributed by atoms with Crippen molar-refractivity contribution >= 4 is 11.6 Å². The largest absolute Gasteiger partial charge is 0.484 e. The van der Waals surface area contributed by atoms with Crippen molar-refractivity contribution in [3.8, 4) is 17.7 Å². The predicted molar refractivity (Wildman–Crippen MR) is 110 cm³/mol. The van der Waals surface area contributed by atoms with Crippen LogP contribution in [0.1, 0.15) is 22.7 Å². The van der Waals surface area contributed by atoms with E-state index in [1.807, 2.05) is 37.3 Å². The van der Waals surface area contributed by atoms with E-state index in [-0.39, 0.29) is 18.4 Å². The topological polar surface area (TPSA) is 126 Å². The Morgan fingerprint density at radius 1 is 1.27 bits per heavy atom. The van der Waals surface area contributed by atoms with Crippen LogP contribution in [-0.2, 0) is 4.79 Å². The molecule has 1 amide bonds. The summed E-state index contributed by atoms with van der Waals surface area (Å²) < 4.78 is 11.0. The van der Waals surface area contributed by atoms with Gasteiger partial charge in [-0.2, -0.15) is 5.26 Å². The van der Waals surface area contributed by atoms with E-state index in [1.165, 1.54) is 0 Å². The van der Waals surface area contributed by atoms with Crippen molar-refractivity contribution in [3.63, 3.8) is 0 Å². The lowest BCUT2D eigenvalue weighted by Crippen LogP contribution is -2.21. The highest BCUT2D eigenvalue weighted by Gasteiger charge is 2.34. The van der Waals surface area contributed by atoms with Crippen molar-refractivity contribution in [3.05, 3.63) is 82.9 Å². The molecule has 8 heteroatoms. The molecule has 2 heterocycles. The summed E-state index contributed by atoms with van der Waals surface area (Å²) in [5.74, 6) is 0.295. The van der Waals surface area contributed by atoms with Gasteiger partial charge in [0, 0.05) is 16.9 Å². The molecule has 1 atom stereocenters. The summed E-state index contributed by atoms with van der Waals surface area (Å²) in [5, 5.41) is 19.3. The predicted octanol–water partition coefficient (Wildman–Crippen LogP) is 2.95. The fraction of sp³-hybridized carbons (Fsp3) is 0.136. The lowest BCUT2D eigenvalue weighted by Gasteiger charge is -2.23. The molecule has 1 unspecified atom stereocenters. The van der Waals surface area contributed by atoms with Gasteiger partial charge in [0.25, 0.3) is 5.91 Å². The molecule has 8 nitrogen and oxygen atoms in total. The molecule has 1 aromatic heterocycles. The molecule has 1 aliphatic rings. The number of nitrogens with one attached hydrogen (secondary N) is 2. The summed E-state index contributed by atoms with van der Waals surface area (Å²) >= 11 is 0. The number of carbonyl (C=O) groups excluding carboxylic acids is 1. The molecular weight excluding hydrogens is 382 g/mol. The van der Waals surface area contributed by atoms with Gasteiger partial charge in [0.05, 0.1) is 5.92 Å². The van der Waals surface area contributed by atoms with E-state index in [1.54, 1.807) is 24.3 Å². The number of nitriles is 1. The number of carbonyl (C=O) groups is 1. The first-order valence-corrected chi connectivity index (χ1v) is 9.27. The minimum Gasteiger partial charge on any atom is -0.484 e. The Balaban J connectivity index is 1.49. The van der Waals surface area contributed by atoms with E-state index in [2.05, 4.69) is 21.6 Å². The van der Waals surface area contributed by atoms with Gasteiger partial charge in [-0.05, 0) is 36.8 Å². The third-order valence-corrected chi connectivity index (χ3v) is 4.77. The van der Waals surface area contributed by atoms with E-state index in [4.69, 9.17) is 15.2 Å². The van der Waals surface area contributed by atoms with Gasteiger partial charge >= 0.3 is 0 Å². The van der Waals surface area contributed by atoms with E-state index in [9.17, 15) is 10.1 Å². The zero-order valence-corrected chi connectivity index (χ0v) is 16.2. The second kappa shape index (κ2) is 8.01. The highest BCUT2D eigenvalue weighted by atomic mass is 16.5. The van der Waals surface area contributed by atoms with Crippen molar-refractivity contribution in [2.45, 2.75) is 12.8 Å². The van der Waals surface area contributed by atoms with Crippen LogP contribution in [0.4, 0.5) is 5.69 Å². The van der Waals surface area contributed by atoms with Crippen LogP contribution in [0, 0.1) is 18.3 Å². The molecular formula is C22H19N5O3. The highest BCUT2D eigenvalue weighted by molar-refractivity contribution is 5.91. The van der Waals surface area contributed by atoms with Crippen LogP contribution in [0.3, 0.4) is 0 Å². The fourth-order valence-electron chi connectivity index (χ4n) is 3.36. The number of allylic oxidation sites excluding steroid dienone is 1. The zero-order valence-electron chi connectivity index (χ0n) is 16.2. The van der Waals surface area contributed by atoms with Gasteiger partial charge in [-0.15, -0.1) is 5.10 Å². The molecule has 0 saturated heterocycles. The van der Waals surface area contributed by atoms with Gasteiger partial charge in [-0.3, -0.25) is 9.89 Å². The van der Waals surface area contributed by atoms with E-state index < -0.39 is 5.92 Å². The zero-order chi connectivity index (χ0) is 21.1. The lowest BCUT2D eigenvalue weighted by molar-refractivity contribution is -0.118. The van der Waals surface area contributed by atoms with Crippen molar-refractivity contribution in [2.24, 2.45) is 5.73 Å². The summed E-state index contributed by atoms with van der Waals surface area (Å²) in [5.41, 5.74) is 9.37. The first-order valence-electron chi connectivity index (χ1n) is 9.27. The normalized spacial score (nSPS) is 15.0. The molecule has 0 bridgehead atoms. The molecule has 30 heavy (non-hydrogen) atoms. The minimum atomic E-state index is -0.395. The number of nitrogens with two attached hydrogens (primary N) is 1. The number of aromatic nitrogens is 2. The lowest BCUT2D eigenvalue weighted by atomic mass is 9.84. The molecule has 0 saturated carbocycles. The first kappa shape index (κ1) is 19.1. The maximum atomic E-state index is 12.0. The third-order valence-electron chi connectivity index (χ3n) is 4.77. The Morgan fingerprint density at radius 2 is 2.00 bits per heavy atom. The Hall–Kier alpha value is -4.25. The molecule has 0 fully saturated rings. The van der Waals surface area contributed by atoms with Crippen LogP contribution in [-0.4, -0.2) is 22.7 Å². The number of ether oxygens (including phenoxy) is 2. The van der Waals surface area contributed by atoms with Crippen molar-refractivity contribution in [1.29, 1.82) is 5.26 Å². The number of fused-ring (bicyclic) bond motifs is 1. The molecule has 0 radical (unpaired) electrons. The molecule has 150 valence electrons.